The van der Waals surface area contributed by atoms with Crippen molar-refractivity contribution in [2.24, 2.45) is 17.6 Å². The third-order valence-corrected chi connectivity index (χ3v) is 6.42. The smallest absolute Gasteiger partial charge is 0.303 e. The number of carboxylic acids is 1. The molecule has 1 aliphatic rings. The van der Waals surface area contributed by atoms with E-state index in [4.69, 9.17) is 10.8 Å². The van der Waals surface area contributed by atoms with Gasteiger partial charge in [0.15, 0.2) is 0 Å². The predicted octanol–water partition coefficient (Wildman–Crippen LogP) is 5.84. The van der Waals surface area contributed by atoms with Crippen LogP contribution in [0.25, 0.3) is 0 Å². The molecule has 4 N–H and O–H groups in total. The molecule has 1 aliphatic carbocycles. The van der Waals surface area contributed by atoms with Gasteiger partial charge in [-0.1, -0.05) is 83.5 Å². The summed E-state index contributed by atoms with van der Waals surface area (Å²) in [4.78, 5) is 22.8. The van der Waals surface area contributed by atoms with Crippen molar-refractivity contribution in [3.05, 3.63) is 0 Å². The van der Waals surface area contributed by atoms with E-state index >= 15 is 0 Å². The van der Waals surface area contributed by atoms with Crippen molar-refractivity contribution in [2.45, 2.75) is 116 Å². The van der Waals surface area contributed by atoms with Crippen molar-refractivity contribution < 1.29 is 14.7 Å². The first kappa shape index (κ1) is 29.2. The summed E-state index contributed by atoms with van der Waals surface area (Å²) in [6.45, 7) is 1.46. The Morgan fingerprint density at radius 1 is 0.767 bits per heavy atom. The van der Waals surface area contributed by atoms with Crippen molar-refractivity contribution in [1.29, 1.82) is 0 Å². The number of carbonyl (C=O) groups is 2. The predicted molar refractivity (Wildman–Crippen MR) is 127 cm³/mol. The molecule has 2 atom stereocenters. The van der Waals surface area contributed by atoms with E-state index in [-0.39, 0.29) is 24.2 Å². The van der Waals surface area contributed by atoms with Gasteiger partial charge in [-0.05, 0) is 38.1 Å². The van der Waals surface area contributed by atoms with Crippen LogP contribution in [-0.2, 0) is 9.59 Å². The van der Waals surface area contributed by atoms with Gasteiger partial charge >= 0.3 is 5.97 Å². The van der Waals surface area contributed by atoms with Crippen LogP contribution in [0.1, 0.15) is 116 Å². The Balaban J connectivity index is 0.00000841. The molecular weight excluding hydrogens is 400 g/mol. The van der Waals surface area contributed by atoms with Gasteiger partial charge in [0, 0.05) is 18.9 Å². The Bertz CT molecular complexity index is 435. The number of nitrogens with one attached hydrogen (secondary N) is 1. The Labute approximate surface area is 190 Å². The highest BCUT2D eigenvalue weighted by Gasteiger charge is 2.29. The summed E-state index contributed by atoms with van der Waals surface area (Å²) >= 11 is 0. The largest absolute Gasteiger partial charge is 0.481 e. The summed E-state index contributed by atoms with van der Waals surface area (Å²) in [5.74, 6) is 0.107. The quantitative estimate of drug-likeness (QED) is 0.231. The third-order valence-electron chi connectivity index (χ3n) is 6.42. The molecule has 2 unspecified atom stereocenters. The van der Waals surface area contributed by atoms with E-state index in [1.807, 2.05) is 0 Å². The number of amides is 1. The van der Waals surface area contributed by atoms with Gasteiger partial charge in [-0.25, -0.2) is 0 Å². The fourth-order valence-electron chi connectivity index (χ4n) is 4.52. The fourth-order valence-corrected chi connectivity index (χ4v) is 4.52. The van der Waals surface area contributed by atoms with Crippen molar-refractivity contribution in [1.82, 2.24) is 5.32 Å². The minimum absolute atomic E-state index is 0. The van der Waals surface area contributed by atoms with Gasteiger partial charge in [0.05, 0.1) is 0 Å². The third kappa shape index (κ3) is 15.1. The molecule has 1 amide bonds. The van der Waals surface area contributed by atoms with Crippen LogP contribution in [0.5, 0.6) is 0 Å². The first-order valence-corrected chi connectivity index (χ1v) is 12.3. The molecule has 1 rings (SSSR count). The van der Waals surface area contributed by atoms with Crippen LogP contribution < -0.4 is 11.1 Å². The number of hydrogen-bond donors (Lipinski definition) is 3. The molecule has 178 valence electrons. The number of hydrogen-bond acceptors (Lipinski definition) is 3. The molecule has 0 aromatic heterocycles. The molecule has 0 aromatic carbocycles. The summed E-state index contributed by atoms with van der Waals surface area (Å²) in [7, 11) is 0. The molecular formula is C24H47ClN2O3. The lowest BCUT2D eigenvalue weighted by molar-refractivity contribution is -0.137. The van der Waals surface area contributed by atoms with Crippen molar-refractivity contribution in [3.8, 4) is 0 Å². The van der Waals surface area contributed by atoms with E-state index in [1.165, 1.54) is 77.0 Å². The zero-order chi connectivity index (χ0) is 21.2. The molecule has 6 heteroatoms. The molecule has 0 saturated heterocycles. The zero-order valence-electron chi connectivity index (χ0n) is 19.0. The molecule has 0 bridgehead atoms. The number of rotatable bonds is 18. The normalized spacial score (nSPS) is 18.6. The second-order valence-corrected chi connectivity index (χ2v) is 8.92. The van der Waals surface area contributed by atoms with Gasteiger partial charge in [0.2, 0.25) is 5.91 Å². The zero-order valence-corrected chi connectivity index (χ0v) is 19.9. The molecule has 0 aliphatic heterocycles. The van der Waals surface area contributed by atoms with Crippen LogP contribution in [0.3, 0.4) is 0 Å². The monoisotopic (exact) mass is 446 g/mol. The van der Waals surface area contributed by atoms with Crippen LogP contribution in [0.4, 0.5) is 0 Å². The molecule has 0 aromatic rings. The summed E-state index contributed by atoms with van der Waals surface area (Å²) in [5.41, 5.74) is 5.83. The van der Waals surface area contributed by atoms with E-state index < -0.39 is 5.97 Å². The molecule has 1 fully saturated rings. The lowest BCUT2D eigenvalue weighted by Gasteiger charge is -2.29. The van der Waals surface area contributed by atoms with Gasteiger partial charge in [-0.15, -0.1) is 12.4 Å². The van der Waals surface area contributed by atoms with Gasteiger partial charge in [-0.3, -0.25) is 9.59 Å². The highest BCUT2D eigenvalue weighted by atomic mass is 35.5. The number of nitrogens with two attached hydrogens (primary N) is 1. The van der Waals surface area contributed by atoms with Gasteiger partial charge < -0.3 is 16.2 Å². The van der Waals surface area contributed by atoms with Crippen LogP contribution in [-0.4, -0.2) is 30.1 Å². The van der Waals surface area contributed by atoms with Crippen LogP contribution >= 0.6 is 12.4 Å². The lowest BCUT2D eigenvalue weighted by Crippen LogP contribution is -2.39. The first-order chi connectivity index (χ1) is 14.1. The SMILES string of the molecule is Cl.NCC1CCCCC1C(=O)NCCCCCCCCCCCCCCCC(=O)O. The summed E-state index contributed by atoms with van der Waals surface area (Å²) in [6, 6.07) is 0. The molecule has 0 spiro atoms. The summed E-state index contributed by atoms with van der Waals surface area (Å²) in [5, 5.41) is 11.7. The average Bonchev–Trinajstić information content (AvgIpc) is 2.73. The van der Waals surface area contributed by atoms with E-state index in [1.54, 1.807) is 0 Å². The van der Waals surface area contributed by atoms with Crippen LogP contribution in [0.15, 0.2) is 0 Å². The maximum atomic E-state index is 12.3. The minimum atomic E-state index is -0.671. The van der Waals surface area contributed by atoms with Crippen molar-refractivity contribution in [3.63, 3.8) is 0 Å². The summed E-state index contributed by atoms with van der Waals surface area (Å²) in [6.07, 6.45) is 20.6. The van der Waals surface area contributed by atoms with Crippen molar-refractivity contribution in [2.75, 3.05) is 13.1 Å². The Morgan fingerprint density at radius 2 is 1.23 bits per heavy atom. The first-order valence-electron chi connectivity index (χ1n) is 12.3. The molecule has 0 radical (unpaired) electrons. The minimum Gasteiger partial charge on any atom is -0.481 e. The second kappa shape index (κ2) is 20.1. The van der Waals surface area contributed by atoms with E-state index in [0.717, 1.165) is 38.6 Å². The summed E-state index contributed by atoms with van der Waals surface area (Å²) < 4.78 is 0. The Kier molecular flexibility index (Phi) is 19.6. The van der Waals surface area contributed by atoms with Crippen LogP contribution in [0.2, 0.25) is 0 Å². The second-order valence-electron chi connectivity index (χ2n) is 8.92. The fraction of sp³-hybridized carbons (Fsp3) is 0.917. The number of halogens is 1. The van der Waals surface area contributed by atoms with E-state index in [0.29, 0.717) is 18.9 Å². The Morgan fingerprint density at radius 3 is 1.73 bits per heavy atom. The standard InChI is InChI=1S/C24H46N2O3.ClH/c25-20-21-16-13-14-17-22(21)24(29)26-19-15-11-9-7-5-3-1-2-4-6-8-10-12-18-23(27)28;/h21-22H,1-20,25H2,(H,26,29)(H,27,28);1H. The van der Waals surface area contributed by atoms with E-state index in [2.05, 4.69) is 5.32 Å². The van der Waals surface area contributed by atoms with Gasteiger partial charge in [0.1, 0.15) is 0 Å². The van der Waals surface area contributed by atoms with Crippen LogP contribution in [0, 0.1) is 11.8 Å². The average molecular weight is 447 g/mol. The molecule has 5 nitrogen and oxygen atoms in total. The van der Waals surface area contributed by atoms with Crippen molar-refractivity contribution >= 4 is 24.3 Å². The number of aliphatic carboxylic acids is 1. The van der Waals surface area contributed by atoms with E-state index in [9.17, 15) is 9.59 Å². The highest BCUT2D eigenvalue weighted by Crippen LogP contribution is 2.29. The van der Waals surface area contributed by atoms with Gasteiger partial charge in [-0.2, -0.15) is 0 Å². The van der Waals surface area contributed by atoms with Gasteiger partial charge in [0.25, 0.3) is 0 Å². The molecule has 30 heavy (non-hydrogen) atoms. The molecule has 0 heterocycles. The number of carboxylic acid groups (broad SMARTS) is 1. The Hall–Kier alpha value is -0.810. The number of carbonyl (C=O) groups excluding carboxylic acids is 1. The lowest BCUT2D eigenvalue weighted by atomic mass is 9.79. The molecule has 1 saturated carbocycles. The highest BCUT2D eigenvalue weighted by molar-refractivity contribution is 5.85. The maximum Gasteiger partial charge on any atom is 0.303 e. The number of unbranched alkanes of at least 4 members (excludes halogenated alkanes) is 12. The maximum absolute atomic E-state index is 12.3. The topological polar surface area (TPSA) is 92.4 Å².